The third kappa shape index (κ3) is 2.06. The van der Waals surface area contributed by atoms with Gasteiger partial charge in [0.1, 0.15) is 5.01 Å². The monoisotopic (exact) mass is 287 g/mol. The molecule has 2 heterocycles. The van der Waals surface area contributed by atoms with Crippen molar-refractivity contribution in [3.05, 3.63) is 29.6 Å². The van der Waals surface area contributed by atoms with Crippen molar-refractivity contribution < 1.29 is 0 Å². The molecular weight excluding hydrogens is 270 g/mol. The fraction of sp³-hybridized carbons (Fsp3) is 0.357. The molecule has 0 aliphatic rings. The average molecular weight is 287 g/mol. The van der Waals surface area contributed by atoms with Gasteiger partial charge in [-0.3, -0.25) is 0 Å². The maximum Gasteiger partial charge on any atom is 0.235 e. The maximum atomic E-state index is 5.80. The predicted molar refractivity (Wildman–Crippen MR) is 81.9 cm³/mol. The lowest BCUT2D eigenvalue weighted by Crippen LogP contribution is -2.16. The number of benzene rings is 1. The number of anilines is 1. The second-order valence-electron chi connectivity index (χ2n) is 5.95. The van der Waals surface area contributed by atoms with Crippen LogP contribution < -0.4 is 5.73 Å². The Morgan fingerprint density at radius 2 is 1.95 bits per heavy atom. The molecule has 3 aromatic rings. The van der Waals surface area contributed by atoms with E-state index < -0.39 is 0 Å². The molecule has 0 atom stereocenters. The fourth-order valence-electron chi connectivity index (χ4n) is 2.12. The van der Waals surface area contributed by atoms with Gasteiger partial charge in [0.05, 0.1) is 0 Å². The third-order valence-corrected chi connectivity index (χ3v) is 4.07. The van der Waals surface area contributed by atoms with Crippen LogP contribution in [-0.4, -0.2) is 19.8 Å². The first-order valence-corrected chi connectivity index (χ1v) is 7.27. The molecule has 5 nitrogen and oxygen atoms in total. The summed E-state index contributed by atoms with van der Waals surface area (Å²) in [6, 6.07) is 5.87. The number of nitrogen functional groups attached to an aromatic ring is 1. The van der Waals surface area contributed by atoms with Crippen molar-refractivity contribution in [3.63, 3.8) is 0 Å². The zero-order valence-corrected chi connectivity index (χ0v) is 12.8. The Bertz CT molecular complexity index is 779. The van der Waals surface area contributed by atoms with E-state index in [1.807, 2.05) is 29.6 Å². The standard InChI is InChI=1S/C14H17N5S/c1-8-7-9(15)5-6-10(8)11-18-19-12(14(2,3)4)16-17-13(19)20-11/h5-7H,15H2,1-4H3. The van der Waals surface area contributed by atoms with E-state index >= 15 is 0 Å². The van der Waals surface area contributed by atoms with Crippen LogP contribution in [0.15, 0.2) is 18.2 Å². The number of hydrogen-bond donors (Lipinski definition) is 1. The summed E-state index contributed by atoms with van der Waals surface area (Å²) in [6.07, 6.45) is 0. The Morgan fingerprint density at radius 3 is 2.60 bits per heavy atom. The van der Waals surface area contributed by atoms with Crippen LogP contribution in [0.2, 0.25) is 0 Å². The predicted octanol–water partition coefficient (Wildman–Crippen LogP) is 3.04. The fourth-order valence-corrected chi connectivity index (χ4v) is 3.05. The van der Waals surface area contributed by atoms with Crippen LogP contribution >= 0.6 is 11.3 Å². The zero-order valence-electron chi connectivity index (χ0n) is 12.0. The van der Waals surface area contributed by atoms with Crippen molar-refractivity contribution in [3.8, 4) is 10.6 Å². The van der Waals surface area contributed by atoms with Gasteiger partial charge in [0.2, 0.25) is 4.96 Å². The summed E-state index contributed by atoms with van der Waals surface area (Å²) in [5.41, 5.74) is 8.69. The summed E-state index contributed by atoms with van der Waals surface area (Å²) in [5, 5.41) is 14.1. The number of fused-ring (bicyclic) bond motifs is 1. The molecule has 0 amide bonds. The summed E-state index contributed by atoms with van der Waals surface area (Å²) in [7, 11) is 0. The Kier molecular flexibility index (Phi) is 2.79. The van der Waals surface area contributed by atoms with E-state index in [0.717, 1.165) is 32.6 Å². The van der Waals surface area contributed by atoms with Crippen molar-refractivity contribution in [1.29, 1.82) is 0 Å². The maximum absolute atomic E-state index is 5.80. The number of aryl methyl sites for hydroxylation is 1. The minimum atomic E-state index is -0.0824. The smallest absolute Gasteiger partial charge is 0.235 e. The van der Waals surface area contributed by atoms with E-state index in [1.54, 1.807) is 11.3 Å². The molecule has 2 aromatic heterocycles. The van der Waals surface area contributed by atoms with Gasteiger partial charge in [-0.15, -0.1) is 10.2 Å². The van der Waals surface area contributed by atoms with E-state index in [2.05, 4.69) is 36.1 Å². The van der Waals surface area contributed by atoms with Gasteiger partial charge in [-0.1, -0.05) is 32.1 Å². The summed E-state index contributed by atoms with van der Waals surface area (Å²) in [6.45, 7) is 8.36. The highest BCUT2D eigenvalue weighted by Gasteiger charge is 2.23. The zero-order chi connectivity index (χ0) is 14.5. The van der Waals surface area contributed by atoms with Crippen LogP contribution in [-0.2, 0) is 5.41 Å². The van der Waals surface area contributed by atoms with Gasteiger partial charge in [0, 0.05) is 16.7 Å². The molecule has 0 radical (unpaired) electrons. The van der Waals surface area contributed by atoms with Gasteiger partial charge in [-0.25, -0.2) is 0 Å². The SMILES string of the molecule is Cc1cc(N)ccc1-c1nn2c(C(C)(C)C)nnc2s1. The summed E-state index contributed by atoms with van der Waals surface area (Å²) in [4.78, 5) is 0.821. The summed E-state index contributed by atoms with van der Waals surface area (Å²) < 4.78 is 1.84. The summed E-state index contributed by atoms with van der Waals surface area (Å²) in [5.74, 6) is 0.878. The van der Waals surface area contributed by atoms with Gasteiger partial charge in [-0.05, 0) is 30.7 Å². The topological polar surface area (TPSA) is 69.1 Å². The minimum Gasteiger partial charge on any atom is -0.399 e. The van der Waals surface area contributed by atoms with E-state index in [-0.39, 0.29) is 5.41 Å². The van der Waals surface area contributed by atoms with Gasteiger partial charge in [-0.2, -0.15) is 9.61 Å². The number of nitrogens with two attached hydrogens (primary N) is 1. The third-order valence-electron chi connectivity index (χ3n) is 3.14. The largest absolute Gasteiger partial charge is 0.399 e. The first kappa shape index (κ1) is 13.1. The van der Waals surface area contributed by atoms with Crippen molar-refractivity contribution >= 4 is 22.0 Å². The molecule has 2 N–H and O–H groups in total. The van der Waals surface area contributed by atoms with Gasteiger partial charge >= 0.3 is 0 Å². The number of nitrogens with zero attached hydrogens (tertiary/aromatic N) is 4. The Hall–Kier alpha value is -1.95. The highest BCUT2D eigenvalue weighted by molar-refractivity contribution is 7.19. The van der Waals surface area contributed by atoms with Crippen LogP contribution in [0, 0.1) is 6.92 Å². The van der Waals surface area contributed by atoms with E-state index in [0.29, 0.717) is 0 Å². The Balaban J connectivity index is 2.16. The molecule has 0 aliphatic heterocycles. The minimum absolute atomic E-state index is 0.0824. The van der Waals surface area contributed by atoms with Crippen molar-refractivity contribution in [2.45, 2.75) is 33.1 Å². The van der Waals surface area contributed by atoms with Crippen LogP contribution in [0.5, 0.6) is 0 Å². The Morgan fingerprint density at radius 1 is 1.20 bits per heavy atom. The van der Waals surface area contributed by atoms with Gasteiger partial charge < -0.3 is 5.73 Å². The Labute approximate surface area is 121 Å². The lowest BCUT2D eigenvalue weighted by Gasteiger charge is -2.13. The molecule has 3 rings (SSSR count). The molecule has 20 heavy (non-hydrogen) atoms. The van der Waals surface area contributed by atoms with Crippen molar-refractivity contribution in [1.82, 2.24) is 19.8 Å². The molecule has 0 bridgehead atoms. The number of aromatic nitrogens is 4. The van der Waals surface area contributed by atoms with E-state index in [1.165, 1.54) is 0 Å². The molecule has 0 saturated carbocycles. The highest BCUT2D eigenvalue weighted by Crippen LogP contribution is 2.31. The first-order valence-electron chi connectivity index (χ1n) is 6.45. The van der Waals surface area contributed by atoms with Gasteiger partial charge in [0.15, 0.2) is 5.82 Å². The average Bonchev–Trinajstić information content (AvgIpc) is 2.86. The molecule has 104 valence electrons. The molecule has 0 spiro atoms. The first-order chi connectivity index (χ1) is 9.36. The van der Waals surface area contributed by atoms with Gasteiger partial charge in [0.25, 0.3) is 0 Å². The molecule has 0 fully saturated rings. The highest BCUT2D eigenvalue weighted by atomic mass is 32.1. The van der Waals surface area contributed by atoms with E-state index in [4.69, 9.17) is 5.73 Å². The van der Waals surface area contributed by atoms with Crippen LogP contribution in [0.4, 0.5) is 5.69 Å². The molecule has 6 heteroatoms. The van der Waals surface area contributed by atoms with Crippen molar-refractivity contribution in [2.75, 3.05) is 5.73 Å². The molecule has 1 aromatic carbocycles. The lowest BCUT2D eigenvalue weighted by molar-refractivity contribution is 0.528. The normalized spacial score (nSPS) is 12.2. The second-order valence-corrected chi connectivity index (χ2v) is 6.91. The van der Waals surface area contributed by atoms with Crippen LogP contribution in [0.1, 0.15) is 32.2 Å². The molecular formula is C14H17N5S. The summed E-state index contributed by atoms with van der Waals surface area (Å²) >= 11 is 1.54. The van der Waals surface area contributed by atoms with Crippen LogP contribution in [0.3, 0.4) is 0 Å². The van der Waals surface area contributed by atoms with Crippen molar-refractivity contribution in [2.24, 2.45) is 0 Å². The van der Waals surface area contributed by atoms with E-state index in [9.17, 15) is 0 Å². The number of hydrogen-bond acceptors (Lipinski definition) is 5. The van der Waals surface area contributed by atoms with Crippen LogP contribution in [0.25, 0.3) is 15.5 Å². The molecule has 0 saturated heterocycles. The molecule has 0 unspecified atom stereocenters. The quantitative estimate of drug-likeness (QED) is 0.698. The molecule has 0 aliphatic carbocycles. The number of rotatable bonds is 1. The second kappa shape index (κ2) is 4.28. The lowest BCUT2D eigenvalue weighted by atomic mass is 9.96.